The van der Waals surface area contributed by atoms with E-state index in [1.54, 1.807) is 11.3 Å². The molecule has 134 valence electrons. The van der Waals surface area contributed by atoms with Crippen molar-refractivity contribution in [3.63, 3.8) is 0 Å². The first-order valence-corrected chi connectivity index (χ1v) is 10.2. The van der Waals surface area contributed by atoms with Crippen LogP contribution in [0.15, 0.2) is 24.3 Å². The maximum Gasteiger partial charge on any atom is 0.334 e. The molecular weight excluding hydrogens is 328 g/mol. The van der Waals surface area contributed by atoms with Crippen LogP contribution in [0.2, 0.25) is 0 Å². The van der Waals surface area contributed by atoms with E-state index in [9.17, 15) is 5.11 Å². The van der Waals surface area contributed by atoms with Crippen LogP contribution in [-0.4, -0.2) is 11.7 Å². The monoisotopic (exact) mass is 357 g/mol. The van der Waals surface area contributed by atoms with Crippen molar-refractivity contribution in [1.29, 1.82) is 0 Å². The molecule has 0 radical (unpaired) electrons. The molecule has 1 heterocycles. The molecule has 0 spiro atoms. The molecule has 25 heavy (non-hydrogen) atoms. The lowest BCUT2D eigenvalue weighted by Crippen LogP contribution is -2.30. The third kappa shape index (κ3) is 3.59. The summed E-state index contributed by atoms with van der Waals surface area (Å²) in [5.41, 5.74) is 2.18. The predicted molar refractivity (Wildman–Crippen MR) is 109 cm³/mol. The maximum absolute atomic E-state index is 10.6. The molecular formula is C21H29N2OS+. The van der Waals surface area contributed by atoms with Crippen molar-refractivity contribution in [2.45, 2.75) is 52.4 Å². The number of benzene rings is 2. The zero-order valence-corrected chi connectivity index (χ0v) is 16.4. The minimum Gasteiger partial charge on any atom is -0.507 e. The van der Waals surface area contributed by atoms with Gasteiger partial charge < -0.3 is 5.11 Å². The number of hydrogen-bond donors (Lipinski definition) is 2. The Balaban J connectivity index is 1.80. The fourth-order valence-electron chi connectivity index (χ4n) is 3.49. The van der Waals surface area contributed by atoms with Crippen LogP contribution in [0.5, 0.6) is 5.75 Å². The Hall–Kier alpha value is -1.81. The molecule has 0 saturated heterocycles. The molecule has 0 saturated carbocycles. The molecule has 4 heteroatoms. The number of thiazole rings is 1. The van der Waals surface area contributed by atoms with Crippen LogP contribution in [0.1, 0.15) is 51.0 Å². The number of aromatic nitrogens is 1. The van der Waals surface area contributed by atoms with Gasteiger partial charge in [-0.05, 0) is 37.2 Å². The Kier molecular flexibility index (Phi) is 5.79. The van der Waals surface area contributed by atoms with Gasteiger partial charge >= 0.3 is 5.13 Å². The third-order valence-corrected chi connectivity index (χ3v) is 6.31. The van der Waals surface area contributed by atoms with Crippen LogP contribution >= 0.6 is 11.3 Å². The smallest absolute Gasteiger partial charge is 0.334 e. The molecule has 0 fully saturated rings. The molecule has 3 aromatic rings. The molecule has 0 aliphatic heterocycles. The topological polar surface area (TPSA) is 36.1 Å². The number of fused-ring (bicyclic) bond motifs is 3. The lowest BCUT2D eigenvalue weighted by Gasteiger charge is -2.05. The van der Waals surface area contributed by atoms with Gasteiger partial charge in [-0.1, -0.05) is 50.8 Å². The molecule has 1 aromatic heterocycles. The minimum absolute atomic E-state index is 0.410. The number of aryl methyl sites for hydroxylation is 2. The van der Waals surface area contributed by atoms with E-state index in [0.29, 0.717) is 5.75 Å². The summed E-state index contributed by atoms with van der Waals surface area (Å²) < 4.78 is 3.41. The average molecular weight is 358 g/mol. The van der Waals surface area contributed by atoms with Gasteiger partial charge in [0, 0.05) is 16.3 Å². The van der Waals surface area contributed by atoms with Crippen LogP contribution in [0, 0.1) is 6.92 Å². The number of nitrogens with one attached hydrogen (secondary N) is 1. The summed E-state index contributed by atoms with van der Waals surface area (Å²) in [4.78, 5) is 0. The highest BCUT2D eigenvalue weighted by atomic mass is 32.1. The van der Waals surface area contributed by atoms with Gasteiger partial charge in [-0.2, -0.15) is 0 Å². The van der Waals surface area contributed by atoms with Gasteiger partial charge in [0.1, 0.15) is 5.75 Å². The first-order chi connectivity index (χ1) is 12.1. The fourth-order valence-corrected chi connectivity index (χ4v) is 4.67. The second-order valence-corrected chi connectivity index (χ2v) is 7.86. The Bertz CT molecular complexity index is 869. The number of unbranched alkanes of at least 4 members (excludes halogenated alkanes) is 5. The van der Waals surface area contributed by atoms with E-state index in [1.165, 1.54) is 53.9 Å². The standard InChI is InChI=1S/C21H28N2OS/c1-4-5-6-7-8-11-14-22-21-23(3)18-16-12-9-10-13-17(16)19(24)15(2)20(18)25-21/h9-10,12-13,24H,4-8,11,14H2,1-3H3/p+1. The van der Waals surface area contributed by atoms with Crippen molar-refractivity contribution in [3.8, 4) is 5.75 Å². The molecule has 3 nitrogen and oxygen atoms in total. The number of phenols is 1. The SMILES string of the molecule is CCCCCCCCNc1sc2c(C)c(O)c3ccccc3c2[n+]1C. The highest BCUT2D eigenvalue weighted by Crippen LogP contribution is 2.39. The first-order valence-electron chi connectivity index (χ1n) is 9.41. The predicted octanol–water partition coefficient (Wildman–Crippen LogP) is 5.67. The highest BCUT2D eigenvalue weighted by Gasteiger charge is 2.21. The molecule has 2 N–H and O–H groups in total. The summed E-state index contributed by atoms with van der Waals surface area (Å²) in [6.45, 7) is 5.28. The van der Waals surface area contributed by atoms with Crippen molar-refractivity contribution < 1.29 is 9.67 Å². The summed E-state index contributed by atoms with van der Waals surface area (Å²) >= 11 is 1.74. The van der Waals surface area contributed by atoms with Gasteiger partial charge in [0.15, 0.2) is 5.52 Å². The van der Waals surface area contributed by atoms with Gasteiger partial charge in [-0.15, -0.1) is 0 Å². The van der Waals surface area contributed by atoms with Gasteiger partial charge in [-0.25, -0.2) is 4.57 Å². The van der Waals surface area contributed by atoms with E-state index in [0.717, 1.165) is 22.9 Å². The summed E-state index contributed by atoms with van der Waals surface area (Å²) in [7, 11) is 2.12. The second kappa shape index (κ2) is 8.05. The number of aromatic hydroxyl groups is 1. The molecule has 0 aliphatic rings. The molecule has 0 unspecified atom stereocenters. The van der Waals surface area contributed by atoms with E-state index in [1.807, 2.05) is 25.1 Å². The molecule has 0 aliphatic carbocycles. The summed E-state index contributed by atoms with van der Waals surface area (Å²) in [6.07, 6.45) is 7.86. The number of nitrogens with zero attached hydrogens (tertiary/aromatic N) is 1. The minimum atomic E-state index is 0.410. The number of phenolic OH excluding ortho intramolecular Hbond substituents is 1. The van der Waals surface area contributed by atoms with E-state index < -0.39 is 0 Å². The van der Waals surface area contributed by atoms with E-state index >= 15 is 0 Å². The highest BCUT2D eigenvalue weighted by molar-refractivity contribution is 7.22. The lowest BCUT2D eigenvalue weighted by molar-refractivity contribution is -0.625. The first kappa shape index (κ1) is 18.0. The molecule has 2 aromatic carbocycles. The van der Waals surface area contributed by atoms with Gasteiger partial charge in [0.2, 0.25) is 0 Å². The van der Waals surface area contributed by atoms with Crippen molar-refractivity contribution in [2.75, 3.05) is 11.9 Å². The zero-order chi connectivity index (χ0) is 17.8. The van der Waals surface area contributed by atoms with Crippen LogP contribution < -0.4 is 9.88 Å². The molecule has 0 atom stereocenters. The molecule has 0 bridgehead atoms. The summed E-state index contributed by atoms with van der Waals surface area (Å²) in [6, 6.07) is 8.12. The lowest BCUT2D eigenvalue weighted by atomic mass is 10.0. The average Bonchev–Trinajstić information content (AvgIpc) is 2.96. The molecule has 0 amide bonds. The van der Waals surface area contributed by atoms with Crippen LogP contribution in [-0.2, 0) is 7.05 Å². The number of anilines is 1. The Morgan fingerprint density at radius 1 is 1.04 bits per heavy atom. The zero-order valence-electron chi connectivity index (χ0n) is 15.6. The number of hydrogen-bond acceptors (Lipinski definition) is 3. The number of rotatable bonds is 8. The van der Waals surface area contributed by atoms with Crippen molar-refractivity contribution in [2.24, 2.45) is 7.05 Å². The van der Waals surface area contributed by atoms with Gasteiger partial charge in [0.25, 0.3) is 0 Å². The second-order valence-electron chi connectivity index (χ2n) is 6.86. The van der Waals surface area contributed by atoms with E-state index in [4.69, 9.17) is 0 Å². The van der Waals surface area contributed by atoms with Crippen molar-refractivity contribution in [1.82, 2.24) is 0 Å². The Morgan fingerprint density at radius 2 is 1.72 bits per heavy atom. The normalized spacial score (nSPS) is 11.5. The quantitative estimate of drug-likeness (QED) is 0.403. The molecule has 3 rings (SSSR count). The van der Waals surface area contributed by atoms with Crippen molar-refractivity contribution >= 4 is 37.5 Å². The van der Waals surface area contributed by atoms with Gasteiger partial charge in [0.05, 0.1) is 18.3 Å². The van der Waals surface area contributed by atoms with Gasteiger partial charge in [-0.3, -0.25) is 5.32 Å². The summed E-state index contributed by atoms with van der Waals surface area (Å²) in [5, 5.41) is 17.4. The largest absolute Gasteiger partial charge is 0.507 e. The third-order valence-electron chi connectivity index (χ3n) is 4.99. The summed E-state index contributed by atoms with van der Waals surface area (Å²) in [5.74, 6) is 0.410. The Morgan fingerprint density at radius 3 is 2.48 bits per heavy atom. The van der Waals surface area contributed by atoms with Crippen LogP contribution in [0.3, 0.4) is 0 Å². The fraction of sp³-hybridized carbons (Fsp3) is 0.476. The van der Waals surface area contributed by atoms with Crippen LogP contribution in [0.4, 0.5) is 5.13 Å². The van der Waals surface area contributed by atoms with E-state index in [2.05, 4.69) is 29.9 Å². The van der Waals surface area contributed by atoms with Crippen molar-refractivity contribution in [3.05, 3.63) is 29.8 Å². The van der Waals surface area contributed by atoms with Crippen LogP contribution in [0.25, 0.3) is 21.0 Å². The Labute approximate surface area is 154 Å². The van der Waals surface area contributed by atoms with E-state index in [-0.39, 0.29) is 0 Å². The maximum atomic E-state index is 10.6.